The maximum Gasteiger partial charge on any atom is 0.241 e. The van der Waals surface area contributed by atoms with E-state index in [4.69, 9.17) is 15.9 Å². The molecule has 1 aromatic heterocycles. The van der Waals surface area contributed by atoms with Gasteiger partial charge in [-0.25, -0.2) is 8.42 Å². The summed E-state index contributed by atoms with van der Waals surface area (Å²) in [7, 11) is -2.51. The number of piperidine rings is 1. The Hall–Kier alpha value is -3.57. The maximum atomic E-state index is 13.8. The number of benzene rings is 2. The van der Waals surface area contributed by atoms with Crippen LogP contribution in [0.2, 0.25) is 0 Å². The van der Waals surface area contributed by atoms with Gasteiger partial charge in [0.25, 0.3) is 0 Å². The summed E-state index contributed by atoms with van der Waals surface area (Å²) in [4.78, 5) is 18.7. The lowest BCUT2D eigenvalue weighted by molar-refractivity contribution is -0.122. The zero-order valence-corrected chi connectivity index (χ0v) is 23.7. The molecule has 11 heteroatoms. The molecular formula is C28H38N6O4S. The Bertz CT molecular complexity index is 1480. The number of aryl methyl sites for hydroxylation is 1. The normalized spacial score (nSPS) is 16.7. The number of nitrogens with one attached hydrogen (secondary N) is 4. The van der Waals surface area contributed by atoms with Crippen LogP contribution in [0.5, 0.6) is 5.75 Å². The summed E-state index contributed by atoms with van der Waals surface area (Å²) in [5.74, 6) is 0.357. The Balaban J connectivity index is 1.61. The highest BCUT2D eigenvalue weighted by Crippen LogP contribution is 2.31. The Morgan fingerprint density at radius 1 is 1.26 bits per heavy atom. The molecule has 3 aromatic rings. The zero-order chi connectivity index (χ0) is 28.3. The van der Waals surface area contributed by atoms with Crippen LogP contribution in [0.1, 0.15) is 35.1 Å². The van der Waals surface area contributed by atoms with E-state index in [9.17, 15) is 13.2 Å². The van der Waals surface area contributed by atoms with E-state index in [0.29, 0.717) is 30.0 Å². The van der Waals surface area contributed by atoms with Gasteiger partial charge in [0.15, 0.2) is 5.96 Å². The van der Waals surface area contributed by atoms with Gasteiger partial charge in [-0.3, -0.25) is 10.2 Å². The number of rotatable bonds is 9. The molecule has 2 heterocycles. The molecule has 0 aliphatic carbocycles. The average Bonchev–Trinajstić information content (AvgIpc) is 3.31. The molecule has 1 unspecified atom stereocenters. The standard InChI is InChI=1S/C28H38N6O4S/c1-17-12-25(38-4)18(2)19(3)26(17)39(36,37)33-24(13-21-15-31-23-10-6-5-9-22(21)23)27(35)32-14-20-8-7-11-34(16-20)28(29)30/h5-6,9-10,12,15,20,24,31,33H,7-8,11,13-14,16H2,1-4H3,(H3,29,30)(H,32,35)/t20?,24-/m1/s1. The summed E-state index contributed by atoms with van der Waals surface area (Å²) in [5.41, 5.74) is 9.28. The molecule has 1 aliphatic heterocycles. The minimum atomic E-state index is -4.06. The lowest BCUT2D eigenvalue weighted by Crippen LogP contribution is -2.51. The number of ether oxygens (including phenoxy) is 1. The highest BCUT2D eigenvalue weighted by molar-refractivity contribution is 7.89. The van der Waals surface area contributed by atoms with Gasteiger partial charge < -0.3 is 25.7 Å². The van der Waals surface area contributed by atoms with E-state index in [1.807, 2.05) is 37.4 Å². The minimum Gasteiger partial charge on any atom is -0.496 e. The molecule has 10 nitrogen and oxygen atoms in total. The molecule has 1 saturated heterocycles. The molecule has 4 rings (SSSR count). The number of hydrogen-bond acceptors (Lipinski definition) is 5. The number of aromatic nitrogens is 1. The number of likely N-dealkylation sites (tertiary alicyclic amines) is 1. The van der Waals surface area contributed by atoms with E-state index in [1.54, 1.807) is 31.9 Å². The first-order valence-electron chi connectivity index (χ1n) is 13.1. The van der Waals surface area contributed by atoms with Crippen molar-refractivity contribution in [1.29, 1.82) is 5.41 Å². The number of guanidine groups is 1. The first-order chi connectivity index (χ1) is 18.5. The number of amides is 1. The molecule has 2 aromatic carbocycles. The van der Waals surface area contributed by atoms with E-state index in [1.165, 1.54) is 0 Å². The zero-order valence-electron chi connectivity index (χ0n) is 22.9. The van der Waals surface area contributed by atoms with Gasteiger partial charge in [0.2, 0.25) is 15.9 Å². The van der Waals surface area contributed by atoms with Crippen LogP contribution in [-0.4, -0.2) is 63.0 Å². The second-order valence-corrected chi connectivity index (χ2v) is 11.9. The molecule has 0 bridgehead atoms. The molecule has 0 radical (unpaired) electrons. The highest BCUT2D eigenvalue weighted by Gasteiger charge is 2.31. The Labute approximate surface area is 229 Å². The van der Waals surface area contributed by atoms with Crippen LogP contribution in [0, 0.1) is 32.1 Å². The van der Waals surface area contributed by atoms with Crippen LogP contribution >= 0.6 is 0 Å². The molecule has 1 amide bonds. The summed E-state index contributed by atoms with van der Waals surface area (Å²) in [6.07, 6.45) is 3.76. The Kier molecular flexibility index (Phi) is 8.51. The Morgan fingerprint density at radius 2 is 2.00 bits per heavy atom. The number of methoxy groups -OCH3 is 1. The van der Waals surface area contributed by atoms with Crippen LogP contribution in [0.4, 0.5) is 0 Å². The predicted octanol–water partition coefficient (Wildman–Crippen LogP) is 2.71. The summed E-state index contributed by atoms with van der Waals surface area (Å²) < 4.78 is 35.7. The number of carbonyl (C=O) groups excluding carboxylic acids is 1. The van der Waals surface area contributed by atoms with Crippen LogP contribution in [0.25, 0.3) is 10.9 Å². The first kappa shape index (κ1) is 28.4. The number of nitrogens with two attached hydrogens (primary N) is 1. The van der Waals surface area contributed by atoms with Gasteiger partial charge in [-0.1, -0.05) is 18.2 Å². The third kappa shape index (κ3) is 6.20. The molecule has 210 valence electrons. The van der Waals surface area contributed by atoms with Crippen molar-refractivity contribution in [3.63, 3.8) is 0 Å². The second-order valence-electron chi connectivity index (χ2n) is 10.3. The largest absolute Gasteiger partial charge is 0.496 e. The highest BCUT2D eigenvalue weighted by atomic mass is 32.2. The van der Waals surface area contributed by atoms with Gasteiger partial charge in [-0.05, 0) is 80.3 Å². The summed E-state index contributed by atoms with van der Waals surface area (Å²) in [6, 6.07) is 8.38. The van der Waals surface area contributed by atoms with Crippen molar-refractivity contribution < 1.29 is 17.9 Å². The monoisotopic (exact) mass is 554 g/mol. The summed E-state index contributed by atoms with van der Waals surface area (Å²) in [6.45, 7) is 6.96. The number of hydrogen-bond donors (Lipinski definition) is 5. The molecule has 0 saturated carbocycles. The van der Waals surface area contributed by atoms with Gasteiger partial charge in [0.1, 0.15) is 11.8 Å². The number of aromatic amines is 1. The quantitative estimate of drug-likeness (QED) is 0.202. The van der Waals surface area contributed by atoms with Crippen molar-refractivity contribution in [2.24, 2.45) is 11.7 Å². The van der Waals surface area contributed by atoms with Gasteiger partial charge in [0.05, 0.1) is 12.0 Å². The second kappa shape index (κ2) is 11.7. The summed E-state index contributed by atoms with van der Waals surface area (Å²) in [5, 5.41) is 11.6. The van der Waals surface area contributed by atoms with E-state index in [-0.39, 0.29) is 23.2 Å². The van der Waals surface area contributed by atoms with Crippen LogP contribution in [0.3, 0.4) is 0 Å². The third-order valence-corrected chi connectivity index (χ3v) is 9.37. The number of fused-ring (bicyclic) bond motifs is 1. The van der Waals surface area contributed by atoms with Crippen LogP contribution in [-0.2, 0) is 21.2 Å². The molecule has 39 heavy (non-hydrogen) atoms. The molecule has 0 spiro atoms. The van der Waals surface area contributed by atoms with Crippen LogP contribution in [0.15, 0.2) is 41.4 Å². The van der Waals surface area contributed by atoms with Crippen molar-refractivity contribution in [3.8, 4) is 5.75 Å². The molecule has 6 N–H and O–H groups in total. The van der Waals surface area contributed by atoms with Gasteiger partial charge in [-0.15, -0.1) is 0 Å². The lowest BCUT2D eigenvalue weighted by Gasteiger charge is -2.33. The fourth-order valence-electron chi connectivity index (χ4n) is 5.42. The SMILES string of the molecule is COc1cc(C)c(S(=O)(=O)N[C@H](Cc2c[nH]c3ccccc23)C(=O)NCC2CCCN(C(=N)N)C2)c(C)c1C. The smallest absolute Gasteiger partial charge is 0.241 e. The number of H-pyrrole nitrogens is 1. The average molecular weight is 555 g/mol. The lowest BCUT2D eigenvalue weighted by atomic mass is 9.98. The maximum absolute atomic E-state index is 13.8. The van der Waals surface area contributed by atoms with Crippen molar-refractivity contribution in [1.82, 2.24) is 19.9 Å². The Morgan fingerprint density at radius 3 is 2.72 bits per heavy atom. The fourth-order valence-corrected chi connectivity index (χ4v) is 7.14. The van der Waals surface area contributed by atoms with Crippen molar-refractivity contribution in [3.05, 3.63) is 58.8 Å². The number of sulfonamides is 1. The van der Waals surface area contributed by atoms with E-state index in [2.05, 4.69) is 15.0 Å². The fraction of sp³-hybridized carbons (Fsp3) is 0.429. The predicted molar refractivity (Wildman–Crippen MR) is 153 cm³/mol. The number of nitrogens with zero attached hydrogens (tertiary/aromatic N) is 1. The number of carbonyl (C=O) groups is 1. The third-order valence-electron chi connectivity index (χ3n) is 7.60. The van der Waals surface area contributed by atoms with Gasteiger partial charge in [0, 0.05) is 36.7 Å². The topological polar surface area (TPSA) is 153 Å². The van der Waals surface area contributed by atoms with Crippen molar-refractivity contribution >= 4 is 32.8 Å². The minimum absolute atomic E-state index is 0.0246. The van der Waals surface area contributed by atoms with Gasteiger partial charge >= 0.3 is 0 Å². The summed E-state index contributed by atoms with van der Waals surface area (Å²) >= 11 is 0. The van der Waals surface area contributed by atoms with Crippen LogP contribution < -0.4 is 20.5 Å². The molecule has 1 fully saturated rings. The molecule has 1 aliphatic rings. The number of para-hydroxylation sites is 1. The van der Waals surface area contributed by atoms with E-state index < -0.39 is 22.0 Å². The van der Waals surface area contributed by atoms with E-state index >= 15 is 0 Å². The van der Waals surface area contributed by atoms with Gasteiger partial charge in [-0.2, -0.15) is 4.72 Å². The molecular weight excluding hydrogens is 516 g/mol. The van der Waals surface area contributed by atoms with E-state index in [0.717, 1.165) is 41.4 Å². The van der Waals surface area contributed by atoms with Crippen molar-refractivity contribution in [2.45, 2.75) is 51.0 Å². The molecule has 2 atom stereocenters. The first-order valence-corrected chi connectivity index (χ1v) is 14.6. The van der Waals surface area contributed by atoms with Crippen molar-refractivity contribution in [2.75, 3.05) is 26.7 Å².